The van der Waals surface area contributed by atoms with Crippen molar-refractivity contribution in [3.8, 4) is 0 Å². The Kier molecular flexibility index (Phi) is 4.58. The van der Waals surface area contributed by atoms with Crippen LogP contribution in [-0.2, 0) is 0 Å². The van der Waals surface area contributed by atoms with Crippen LogP contribution in [-0.4, -0.2) is 41.6 Å². The van der Waals surface area contributed by atoms with Crippen molar-refractivity contribution < 1.29 is 0 Å². The molecule has 3 aliphatic rings. The van der Waals surface area contributed by atoms with Gasteiger partial charge in [0.15, 0.2) is 0 Å². The highest BCUT2D eigenvalue weighted by Gasteiger charge is 2.29. The summed E-state index contributed by atoms with van der Waals surface area (Å²) in [5.41, 5.74) is 0. The van der Waals surface area contributed by atoms with Crippen LogP contribution in [0.25, 0.3) is 0 Å². The molecule has 0 bridgehead atoms. The Morgan fingerprint density at radius 1 is 0.500 bits per heavy atom. The summed E-state index contributed by atoms with van der Waals surface area (Å²) >= 11 is 0. The van der Waals surface area contributed by atoms with Crippen LogP contribution in [0.1, 0.15) is 70.6 Å². The fourth-order valence-electron chi connectivity index (χ4n) is 4.34. The Labute approximate surface area is 113 Å². The van der Waals surface area contributed by atoms with Gasteiger partial charge in [-0.25, -0.2) is 0 Å². The molecule has 0 unspecified atom stereocenters. The topological polar surface area (TPSA) is 6.48 Å². The third-order valence-corrected chi connectivity index (χ3v) is 5.44. The third kappa shape index (κ3) is 3.08. The molecule has 3 rings (SSSR count). The van der Waals surface area contributed by atoms with Gasteiger partial charge in [-0.3, -0.25) is 9.80 Å². The average Bonchev–Trinajstić information content (AvgIpc) is 2.49. The summed E-state index contributed by atoms with van der Waals surface area (Å²) in [5.74, 6) is 0. The number of hydrogen-bond donors (Lipinski definition) is 0. The molecule has 1 aliphatic heterocycles. The van der Waals surface area contributed by atoms with Gasteiger partial charge in [-0.2, -0.15) is 0 Å². The van der Waals surface area contributed by atoms with E-state index in [2.05, 4.69) is 9.80 Å². The lowest BCUT2D eigenvalue weighted by Gasteiger charge is -2.45. The van der Waals surface area contributed by atoms with Crippen molar-refractivity contribution in [3.05, 3.63) is 0 Å². The van der Waals surface area contributed by atoms with Crippen LogP contribution in [0.15, 0.2) is 0 Å². The van der Waals surface area contributed by atoms with Crippen molar-refractivity contribution in [3.63, 3.8) is 0 Å². The van der Waals surface area contributed by atoms with E-state index in [1.54, 1.807) is 0 Å². The molecule has 0 N–H and O–H groups in total. The Morgan fingerprint density at radius 2 is 0.944 bits per heavy atom. The summed E-state index contributed by atoms with van der Waals surface area (Å²) in [4.78, 5) is 5.63. The van der Waals surface area contributed by atoms with E-state index in [-0.39, 0.29) is 0 Å². The largest absolute Gasteiger partial charge is 0.287 e. The monoisotopic (exact) mass is 250 g/mol. The average molecular weight is 250 g/mol. The summed E-state index contributed by atoms with van der Waals surface area (Å²) in [5, 5.41) is 0. The molecular formula is C16H30N2. The van der Waals surface area contributed by atoms with E-state index in [1.807, 2.05) is 0 Å². The van der Waals surface area contributed by atoms with E-state index in [0.29, 0.717) is 0 Å². The van der Waals surface area contributed by atoms with Gasteiger partial charge in [0.2, 0.25) is 0 Å². The SMILES string of the molecule is C1CCC(N2CCCN(C3CCCCC3)C2)CC1. The third-order valence-electron chi connectivity index (χ3n) is 5.44. The van der Waals surface area contributed by atoms with Crippen molar-refractivity contribution >= 4 is 0 Å². The summed E-state index contributed by atoms with van der Waals surface area (Å²) in [6, 6.07) is 1.84. The van der Waals surface area contributed by atoms with Gasteiger partial charge in [-0.05, 0) is 32.1 Å². The fourth-order valence-corrected chi connectivity index (χ4v) is 4.34. The summed E-state index contributed by atoms with van der Waals surface area (Å²) in [7, 11) is 0. The van der Waals surface area contributed by atoms with Crippen LogP contribution < -0.4 is 0 Å². The van der Waals surface area contributed by atoms with E-state index in [1.165, 1.54) is 90.4 Å². The lowest BCUT2D eigenvalue weighted by Crippen LogP contribution is -2.53. The van der Waals surface area contributed by atoms with Crippen LogP contribution in [0.4, 0.5) is 0 Å². The van der Waals surface area contributed by atoms with Gasteiger partial charge in [0, 0.05) is 25.2 Å². The van der Waals surface area contributed by atoms with E-state index >= 15 is 0 Å². The second-order valence-corrected chi connectivity index (χ2v) is 6.70. The zero-order valence-electron chi connectivity index (χ0n) is 11.9. The maximum absolute atomic E-state index is 2.82. The fraction of sp³-hybridized carbons (Fsp3) is 1.00. The molecule has 104 valence electrons. The lowest BCUT2D eigenvalue weighted by molar-refractivity contribution is 0.00490. The predicted octanol–water partition coefficient (Wildman–Crippen LogP) is 3.62. The first-order valence-electron chi connectivity index (χ1n) is 8.41. The van der Waals surface area contributed by atoms with Gasteiger partial charge >= 0.3 is 0 Å². The molecule has 1 heterocycles. The van der Waals surface area contributed by atoms with Gasteiger partial charge in [0.1, 0.15) is 0 Å². The first kappa shape index (κ1) is 12.9. The minimum Gasteiger partial charge on any atom is -0.287 e. The second-order valence-electron chi connectivity index (χ2n) is 6.70. The molecule has 0 aromatic rings. The van der Waals surface area contributed by atoms with Crippen molar-refractivity contribution in [2.45, 2.75) is 82.7 Å². The van der Waals surface area contributed by atoms with Crippen LogP contribution in [0.2, 0.25) is 0 Å². The van der Waals surface area contributed by atoms with Crippen molar-refractivity contribution in [1.82, 2.24) is 9.80 Å². The molecule has 2 saturated carbocycles. The van der Waals surface area contributed by atoms with Gasteiger partial charge < -0.3 is 0 Å². The van der Waals surface area contributed by atoms with E-state index in [0.717, 1.165) is 12.1 Å². The molecule has 2 nitrogen and oxygen atoms in total. The summed E-state index contributed by atoms with van der Waals surface area (Å²) in [6.45, 7) is 4.02. The van der Waals surface area contributed by atoms with Crippen LogP contribution >= 0.6 is 0 Å². The number of hydrogen-bond acceptors (Lipinski definition) is 2. The molecule has 0 atom stereocenters. The number of nitrogens with zero attached hydrogens (tertiary/aromatic N) is 2. The van der Waals surface area contributed by atoms with Crippen molar-refractivity contribution in [1.29, 1.82) is 0 Å². The normalized spacial score (nSPS) is 30.7. The molecular weight excluding hydrogens is 220 g/mol. The summed E-state index contributed by atoms with van der Waals surface area (Å²) < 4.78 is 0. The number of rotatable bonds is 2. The molecule has 3 fully saturated rings. The minimum atomic E-state index is 0.921. The highest BCUT2D eigenvalue weighted by molar-refractivity contribution is 4.83. The van der Waals surface area contributed by atoms with Gasteiger partial charge in [-0.15, -0.1) is 0 Å². The molecule has 0 aromatic heterocycles. The molecule has 0 aromatic carbocycles. The first-order chi connectivity index (χ1) is 8.93. The zero-order valence-corrected chi connectivity index (χ0v) is 11.9. The Balaban J connectivity index is 1.53. The quantitative estimate of drug-likeness (QED) is 0.738. The molecule has 2 aliphatic carbocycles. The molecule has 0 amide bonds. The maximum atomic E-state index is 2.82. The van der Waals surface area contributed by atoms with Crippen molar-refractivity contribution in [2.75, 3.05) is 19.8 Å². The zero-order chi connectivity index (χ0) is 12.2. The van der Waals surface area contributed by atoms with Crippen LogP contribution in [0.5, 0.6) is 0 Å². The molecule has 2 heteroatoms. The van der Waals surface area contributed by atoms with Gasteiger partial charge in [-0.1, -0.05) is 38.5 Å². The van der Waals surface area contributed by atoms with Crippen molar-refractivity contribution in [2.24, 2.45) is 0 Å². The molecule has 1 saturated heterocycles. The highest BCUT2D eigenvalue weighted by Crippen LogP contribution is 2.28. The second kappa shape index (κ2) is 6.38. The molecule has 0 radical (unpaired) electrons. The van der Waals surface area contributed by atoms with E-state index in [4.69, 9.17) is 0 Å². The van der Waals surface area contributed by atoms with Crippen LogP contribution in [0.3, 0.4) is 0 Å². The van der Waals surface area contributed by atoms with Gasteiger partial charge in [0.25, 0.3) is 0 Å². The maximum Gasteiger partial charge on any atom is 0.0511 e. The molecule has 0 spiro atoms. The highest BCUT2D eigenvalue weighted by atomic mass is 15.4. The van der Waals surface area contributed by atoms with E-state index < -0.39 is 0 Å². The minimum absolute atomic E-state index is 0.921. The Bertz CT molecular complexity index is 217. The van der Waals surface area contributed by atoms with E-state index in [9.17, 15) is 0 Å². The standard InChI is InChI=1S/C16H30N2/c1-3-8-15(9-4-1)17-12-7-13-18(14-17)16-10-5-2-6-11-16/h15-16H,1-14H2. The van der Waals surface area contributed by atoms with Crippen LogP contribution in [0, 0.1) is 0 Å². The van der Waals surface area contributed by atoms with Gasteiger partial charge in [0.05, 0.1) is 6.67 Å². The lowest BCUT2D eigenvalue weighted by atomic mass is 9.92. The summed E-state index contributed by atoms with van der Waals surface area (Å²) in [6.07, 6.45) is 16.2. The predicted molar refractivity (Wildman–Crippen MR) is 76.6 cm³/mol. The Hall–Kier alpha value is -0.0800. The smallest absolute Gasteiger partial charge is 0.0511 e. The Morgan fingerprint density at radius 3 is 1.39 bits per heavy atom. The molecule has 18 heavy (non-hydrogen) atoms. The first-order valence-corrected chi connectivity index (χ1v) is 8.41.